The molecule has 0 bridgehead atoms. The fourth-order valence-corrected chi connectivity index (χ4v) is 1.82. The summed E-state index contributed by atoms with van der Waals surface area (Å²) in [5.41, 5.74) is 2.22. The molecule has 2 aromatic rings. The average molecular weight is 286 g/mol. The Morgan fingerprint density at radius 2 is 1.00 bits per heavy atom. The fourth-order valence-electron chi connectivity index (χ4n) is 1.82. The first-order valence-electron chi connectivity index (χ1n) is 7.18. The first-order chi connectivity index (χ1) is 10.8. The Bertz CT molecular complexity index is 628. The third kappa shape index (κ3) is 6.02. The van der Waals surface area contributed by atoms with Gasteiger partial charge in [0.15, 0.2) is 5.78 Å². The molecule has 0 atom stereocenters. The van der Waals surface area contributed by atoms with E-state index in [1.54, 1.807) is 24.3 Å². The number of ketones is 1. The van der Waals surface area contributed by atoms with Crippen molar-refractivity contribution in [2.75, 3.05) is 0 Å². The Kier molecular flexibility index (Phi) is 6.39. The van der Waals surface area contributed by atoms with Crippen LogP contribution in [0.5, 0.6) is 0 Å². The molecule has 0 radical (unpaired) electrons. The van der Waals surface area contributed by atoms with Crippen LogP contribution in [0.4, 0.5) is 0 Å². The van der Waals surface area contributed by atoms with Gasteiger partial charge < -0.3 is 0 Å². The van der Waals surface area contributed by atoms with Crippen molar-refractivity contribution in [1.29, 1.82) is 0 Å². The minimum atomic E-state index is -0.0320. The van der Waals surface area contributed by atoms with Crippen LogP contribution in [-0.4, -0.2) is 5.78 Å². The van der Waals surface area contributed by atoms with Crippen molar-refractivity contribution in [2.24, 2.45) is 0 Å². The number of rotatable bonds is 6. The van der Waals surface area contributed by atoms with E-state index in [1.807, 2.05) is 85.0 Å². The molecule has 0 spiro atoms. The van der Waals surface area contributed by atoms with Crippen molar-refractivity contribution in [3.05, 3.63) is 108 Å². The molecule has 0 saturated carbocycles. The Morgan fingerprint density at radius 3 is 1.41 bits per heavy atom. The monoisotopic (exact) mass is 286 g/mol. The summed E-state index contributed by atoms with van der Waals surface area (Å²) in [5.74, 6) is -0.0320. The first kappa shape index (κ1) is 15.5. The zero-order chi connectivity index (χ0) is 15.5. The highest BCUT2D eigenvalue weighted by molar-refractivity contribution is 5.99. The van der Waals surface area contributed by atoms with Gasteiger partial charge in [0.05, 0.1) is 0 Å². The number of allylic oxidation sites excluding steroid dienone is 6. The molecule has 0 amide bonds. The predicted octanol–water partition coefficient (Wildman–Crippen LogP) is 5.09. The van der Waals surface area contributed by atoms with E-state index < -0.39 is 0 Å². The molecular weight excluding hydrogens is 268 g/mol. The summed E-state index contributed by atoms with van der Waals surface area (Å²) in [6.07, 6.45) is 14.2. The van der Waals surface area contributed by atoms with Crippen LogP contribution in [0.15, 0.2) is 97.1 Å². The maximum Gasteiger partial charge on any atom is 0.178 e. The lowest BCUT2D eigenvalue weighted by Gasteiger charge is -1.88. The van der Waals surface area contributed by atoms with Gasteiger partial charge in [-0.3, -0.25) is 4.79 Å². The SMILES string of the molecule is O=C(/C=C/C=C\c1ccccc1)/C=C/C=C\c1ccccc1. The van der Waals surface area contributed by atoms with E-state index in [9.17, 15) is 4.79 Å². The van der Waals surface area contributed by atoms with Gasteiger partial charge in [0, 0.05) is 0 Å². The zero-order valence-corrected chi connectivity index (χ0v) is 12.3. The van der Waals surface area contributed by atoms with Gasteiger partial charge in [-0.25, -0.2) is 0 Å². The van der Waals surface area contributed by atoms with Gasteiger partial charge in [-0.05, 0) is 23.3 Å². The van der Waals surface area contributed by atoms with E-state index in [4.69, 9.17) is 0 Å². The molecule has 2 rings (SSSR count). The number of benzene rings is 2. The highest BCUT2D eigenvalue weighted by atomic mass is 16.1. The third-order valence-corrected chi connectivity index (χ3v) is 2.92. The van der Waals surface area contributed by atoms with Gasteiger partial charge in [0.2, 0.25) is 0 Å². The maximum absolute atomic E-state index is 11.6. The fraction of sp³-hybridized carbons (Fsp3) is 0. The smallest absolute Gasteiger partial charge is 0.178 e. The Morgan fingerprint density at radius 1 is 0.591 bits per heavy atom. The Labute approximate surface area is 131 Å². The van der Waals surface area contributed by atoms with Gasteiger partial charge in [-0.2, -0.15) is 0 Å². The van der Waals surface area contributed by atoms with Crippen molar-refractivity contribution in [1.82, 2.24) is 0 Å². The molecule has 108 valence electrons. The number of carbonyl (C=O) groups excluding carboxylic acids is 1. The summed E-state index contributed by atoms with van der Waals surface area (Å²) >= 11 is 0. The number of carbonyl (C=O) groups is 1. The molecule has 0 aliphatic carbocycles. The van der Waals surface area contributed by atoms with Gasteiger partial charge in [0.25, 0.3) is 0 Å². The van der Waals surface area contributed by atoms with Crippen LogP contribution in [0.3, 0.4) is 0 Å². The zero-order valence-electron chi connectivity index (χ0n) is 12.3. The second kappa shape index (κ2) is 9.09. The normalized spacial score (nSPS) is 12.0. The standard InChI is InChI=1S/C21H18O/c22-21(17-9-7-15-19-11-3-1-4-12-19)18-10-8-16-20-13-5-2-6-14-20/h1-18H/b15-7-,16-8-,17-9+,18-10+. The highest BCUT2D eigenvalue weighted by Gasteiger charge is 1.86. The molecular formula is C21H18O. The second-order valence-corrected chi connectivity index (χ2v) is 4.66. The van der Waals surface area contributed by atoms with Crippen molar-refractivity contribution in [2.45, 2.75) is 0 Å². The van der Waals surface area contributed by atoms with E-state index >= 15 is 0 Å². The second-order valence-electron chi connectivity index (χ2n) is 4.66. The highest BCUT2D eigenvalue weighted by Crippen LogP contribution is 2.02. The van der Waals surface area contributed by atoms with Crippen molar-refractivity contribution >= 4 is 17.9 Å². The third-order valence-electron chi connectivity index (χ3n) is 2.92. The summed E-state index contributed by atoms with van der Waals surface area (Å²) in [6.45, 7) is 0. The summed E-state index contributed by atoms with van der Waals surface area (Å²) in [6, 6.07) is 19.9. The summed E-state index contributed by atoms with van der Waals surface area (Å²) < 4.78 is 0. The molecule has 1 heteroatoms. The van der Waals surface area contributed by atoms with Crippen LogP contribution in [-0.2, 0) is 4.79 Å². The number of hydrogen-bond donors (Lipinski definition) is 0. The van der Waals surface area contributed by atoms with Gasteiger partial charge in [0.1, 0.15) is 0 Å². The number of hydrogen-bond acceptors (Lipinski definition) is 1. The minimum Gasteiger partial charge on any atom is -0.290 e. The van der Waals surface area contributed by atoms with Crippen LogP contribution in [0.25, 0.3) is 12.2 Å². The topological polar surface area (TPSA) is 17.1 Å². The molecule has 0 aliphatic rings. The molecule has 0 aromatic heterocycles. The lowest BCUT2D eigenvalue weighted by Crippen LogP contribution is -1.82. The Hall–Kier alpha value is -2.93. The lowest BCUT2D eigenvalue weighted by molar-refractivity contribution is -0.110. The molecule has 0 aliphatic heterocycles. The molecule has 0 unspecified atom stereocenters. The van der Waals surface area contributed by atoms with Gasteiger partial charge >= 0.3 is 0 Å². The van der Waals surface area contributed by atoms with Crippen LogP contribution < -0.4 is 0 Å². The van der Waals surface area contributed by atoms with Crippen LogP contribution in [0.2, 0.25) is 0 Å². The van der Waals surface area contributed by atoms with E-state index in [0.29, 0.717) is 0 Å². The van der Waals surface area contributed by atoms with Crippen molar-refractivity contribution in [3.63, 3.8) is 0 Å². The van der Waals surface area contributed by atoms with E-state index in [1.165, 1.54) is 0 Å². The van der Waals surface area contributed by atoms with E-state index in [2.05, 4.69) is 0 Å². The van der Waals surface area contributed by atoms with Crippen molar-refractivity contribution < 1.29 is 4.79 Å². The summed E-state index contributed by atoms with van der Waals surface area (Å²) in [7, 11) is 0. The van der Waals surface area contributed by atoms with Crippen LogP contribution >= 0.6 is 0 Å². The first-order valence-corrected chi connectivity index (χ1v) is 7.18. The predicted molar refractivity (Wildman–Crippen MR) is 94.2 cm³/mol. The maximum atomic E-state index is 11.6. The van der Waals surface area contributed by atoms with Gasteiger partial charge in [-0.1, -0.05) is 97.1 Å². The molecule has 2 aromatic carbocycles. The Balaban J connectivity index is 1.80. The molecule has 0 fully saturated rings. The summed E-state index contributed by atoms with van der Waals surface area (Å²) in [4.78, 5) is 11.6. The van der Waals surface area contributed by atoms with Crippen LogP contribution in [0.1, 0.15) is 11.1 Å². The van der Waals surface area contributed by atoms with E-state index in [-0.39, 0.29) is 5.78 Å². The van der Waals surface area contributed by atoms with E-state index in [0.717, 1.165) is 11.1 Å². The molecule has 0 saturated heterocycles. The molecule has 22 heavy (non-hydrogen) atoms. The van der Waals surface area contributed by atoms with Gasteiger partial charge in [-0.15, -0.1) is 0 Å². The quantitative estimate of drug-likeness (QED) is 0.533. The molecule has 0 N–H and O–H groups in total. The lowest BCUT2D eigenvalue weighted by atomic mass is 10.2. The van der Waals surface area contributed by atoms with Crippen molar-refractivity contribution in [3.8, 4) is 0 Å². The average Bonchev–Trinajstić information content (AvgIpc) is 2.57. The van der Waals surface area contributed by atoms with Crippen LogP contribution in [0, 0.1) is 0 Å². The minimum absolute atomic E-state index is 0.0320. The largest absolute Gasteiger partial charge is 0.290 e. The molecule has 0 heterocycles. The molecule has 1 nitrogen and oxygen atoms in total. The summed E-state index contributed by atoms with van der Waals surface area (Å²) in [5, 5.41) is 0.